The van der Waals surface area contributed by atoms with Crippen LogP contribution in [0.25, 0.3) is 5.69 Å². The van der Waals surface area contributed by atoms with Crippen LogP contribution >= 0.6 is 0 Å². The van der Waals surface area contributed by atoms with Crippen molar-refractivity contribution in [3.8, 4) is 5.69 Å². The van der Waals surface area contributed by atoms with E-state index < -0.39 is 5.97 Å². The zero-order chi connectivity index (χ0) is 11.7. The predicted octanol–water partition coefficient (Wildman–Crippen LogP) is 1.58. The van der Waals surface area contributed by atoms with E-state index in [2.05, 4.69) is 10.3 Å². The first-order valence-corrected chi connectivity index (χ1v) is 4.81. The molecule has 82 valence electrons. The van der Waals surface area contributed by atoms with Gasteiger partial charge in [0.05, 0.1) is 11.9 Å². The number of rotatable bonds is 2. The molecule has 1 N–H and O–H groups in total. The van der Waals surface area contributed by atoms with E-state index in [1.54, 1.807) is 0 Å². The van der Waals surface area contributed by atoms with Crippen molar-refractivity contribution in [2.24, 2.45) is 0 Å². The van der Waals surface area contributed by atoms with Crippen LogP contribution in [0.15, 0.2) is 24.4 Å². The van der Waals surface area contributed by atoms with E-state index in [1.165, 1.54) is 16.4 Å². The van der Waals surface area contributed by atoms with E-state index in [-0.39, 0.29) is 5.69 Å². The van der Waals surface area contributed by atoms with Crippen molar-refractivity contribution in [1.29, 1.82) is 0 Å². The molecule has 0 amide bonds. The molecule has 5 heteroatoms. The molecule has 0 aliphatic heterocycles. The van der Waals surface area contributed by atoms with Gasteiger partial charge in [0.2, 0.25) is 0 Å². The highest BCUT2D eigenvalue weighted by Crippen LogP contribution is 2.13. The monoisotopic (exact) mass is 217 g/mol. The Morgan fingerprint density at radius 2 is 2.06 bits per heavy atom. The minimum absolute atomic E-state index is 0.0572. The molecule has 0 spiro atoms. The molecule has 2 rings (SSSR count). The summed E-state index contributed by atoms with van der Waals surface area (Å²) < 4.78 is 1.45. The van der Waals surface area contributed by atoms with Crippen molar-refractivity contribution in [3.63, 3.8) is 0 Å². The molecule has 0 saturated carbocycles. The van der Waals surface area contributed by atoms with Crippen molar-refractivity contribution in [2.45, 2.75) is 13.8 Å². The minimum atomic E-state index is -1.07. The number of benzene rings is 1. The molecule has 0 bridgehead atoms. The molecule has 0 unspecified atom stereocenters. The molecule has 0 fully saturated rings. The van der Waals surface area contributed by atoms with Gasteiger partial charge in [-0.3, -0.25) is 0 Å². The molecular formula is C11H11N3O2. The first kappa shape index (κ1) is 10.4. The average Bonchev–Trinajstić information content (AvgIpc) is 2.71. The number of aryl methyl sites for hydroxylation is 2. The SMILES string of the molecule is Cc1ccc(-n2cc(C(=O)O)nn2)cc1C. The van der Waals surface area contributed by atoms with Crippen molar-refractivity contribution in [2.75, 3.05) is 0 Å². The van der Waals surface area contributed by atoms with Crippen LogP contribution in [0.1, 0.15) is 21.6 Å². The number of carboxylic acid groups (broad SMARTS) is 1. The predicted molar refractivity (Wildman–Crippen MR) is 57.8 cm³/mol. The second-order valence-corrected chi connectivity index (χ2v) is 3.62. The Morgan fingerprint density at radius 1 is 1.31 bits per heavy atom. The van der Waals surface area contributed by atoms with Crippen LogP contribution in [0.4, 0.5) is 0 Å². The van der Waals surface area contributed by atoms with Crippen LogP contribution in [0.3, 0.4) is 0 Å². The number of hydrogen-bond acceptors (Lipinski definition) is 3. The second kappa shape index (κ2) is 3.77. The molecule has 0 atom stereocenters. The first-order chi connectivity index (χ1) is 7.58. The van der Waals surface area contributed by atoms with Crippen molar-refractivity contribution >= 4 is 5.97 Å². The van der Waals surface area contributed by atoms with E-state index in [9.17, 15) is 4.79 Å². The quantitative estimate of drug-likeness (QED) is 0.829. The van der Waals surface area contributed by atoms with E-state index >= 15 is 0 Å². The van der Waals surface area contributed by atoms with E-state index in [4.69, 9.17) is 5.11 Å². The molecule has 0 saturated heterocycles. The molecule has 2 aromatic rings. The van der Waals surface area contributed by atoms with Crippen molar-refractivity contribution < 1.29 is 9.90 Å². The summed E-state index contributed by atoms with van der Waals surface area (Å²) >= 11 is 0. The second-order valence-electron chi connectivity index (χ2n) is 3.62. The fourth-order valence-corrected chi connectivity index (χ4v) is 1.36. The smallest absolute Gasteiger partial charge is 0.358 e. The summed E-state index contributed by atoms with van der Waals surface area (Å²) in [5.41, 5.74) is 3.06. The lowest BCUT2D eigenvalue weighted by molar-refractivity contribution is 0.0690. The highest BCUT2D eigenvalue weighted by Gasteiger charge is 2.09. The van der Waals surface area contributed by atoms with Crippen LogP contribution < -0.4 is 0 Å². The standard InChI is InChI=1S/C11H11N3O2/c1-7-3-4-9(5-8(7)2)14-6-10(11(15)16)12-13-14/h3-6H,1-2H3,(H,15,16). The fourth-order valence-electron chi connectivity index (χ4n) is 1.36. The fraction of sp³-hybridized carbons (Fsp3) is 0.182. The Kier molecular flexibility index (Phi) is 2.44. The zero-order valence-electron chi connectivity index (χ0n) is 9.01. The highest BCUT2D eigenvalue weighted by molar-refractivity contribution is 5.84. The van der Waals surface area contributed by atoms with Gasteiger partial charge in [-0.1, -0.05) is 11.3 Å². The van der Waals surface area contributed by atoms with Gasteiger partial charge in [0.25, 0.3) is 0 Å². The van der Waals surface area contributed by atoms with Gasteiger partial charge in [0, 0.05) is 0 Å². The Labute approximate surface area is 92.3 Å². The highest BCUT2D eigenvalue weighted by atomic mass is 16.4. The third-order valence-corrected chi connectivity index (χ3v) is 2.47. The normalized spacial score (nSPS) is 10.4. The van der Waals surface area contributed by atoms with E-state index in [1.807, 2.05) is 32.0 Å². The topological polar surface area (TPSA) is 68.0 Å². The Bertz CT molecular complexity index is 546. The van der Waals surface area contributed by atoms with E-state index in [0.29, 0.717) is 0 Å². The Morgan fingerprint density at radius 3 is 2.62 bits per heavy atom. The molecule has 5 nitrogen and oxygen atoms in total. The number of carboxylic acids is 1. The number of aromatic nitrogens is 3. The van der Waals surface area contributed by atoms with Gasteiger partial charge in [-0.2, -0.15) is 0 Å². The number of nitrogens with zero attached hydrogens (tertiary/aromatic N) is 3. The summed E-state index contributed by atoms with van der Waals surface area (Å²) in [5.74, 6) is -1.07. The Hall–Kier alpha value is -2.17. The molecule has 1 aromatic heterocycles. The molecule has 16 heavy (non-hydrogen) atoms. The lowest BCUT2D eigenvalue weighted by Crippen LogP contribution is -1.96. The third kappa shape index (κ3) is 1.79. The summed E-state index contributed by atoms with van der Waals surface area (Å²) in [6.45, 7) is 4.01. The molecular weight excluding hydrogens is 206 g/mol. The maximum Gasteiger partial charge on any atom is 0.358 e. The van der Waals surface area contributed by atoms with Crippen molar-refractivity contribution in [3.05, 3.63) is 41.2 Å². The molecule has 0 aliphatic carbocycles. The van der Waals surface area contributed by atoms with Gasteiger partial charge in [-0.05, 0) is 37.1 Å². The number of carbonyl (C=O) groups is 1. The van der Waals surface area contributed by atoms with Gasteiger partial charge in [0.15, 0.2) is 5.69 Å². The molecule has 0 radical (unpaired) electrons. The van der Waals surface area contributed by atoms with Crippen LogP contribution in [0.5, 0.6) is 0 Å². The number of hydrogen-bond donors (Lipinski definition) is 1. The van der Waals surface area contributed by atoms with Gasteiger partial charge in [-0.15, -0.1) is 5.10 Å². The maximum atomic E-state index is 10.7. The van der Waals surface area contributed by atoms with Gasteiger partial charge < -0.3 is 5.11 Å². The maximum absolute atomic E-state index is 10.7. The number of aromatic carboxylic acids is 1. The minimum Gasteiger partial charge on any atom is -0.476 e. The summed E-state index contributed by atoms with van der Waals surface area (Å²) in [7, 11) is 0. The average molecular weight is 217 g/mol. The molecule has 1 aromatic carbocycles. The van der Waals surface area contributed by atoms with Gasteiger partial charge in [-0.25, -0.2) is 9.48 Å². The van der Waals surface area contributed by atoms with Crippen molar-refractivity contribution in [1.82, 2.24) is 15.0 Å². The first-order valence-electron chi connectivity index (χ1n) is 4.81. The van der Waals surface area contributed by atoms with E-state index in [0.717, 1.165) is 11.3 Å². The lowest BCUT2D eigenvalue weighted by Gasteiger charge is -2.03. The van der Waals surface area contributed by atoms with Crippen LogP contribution in [0.2, 0.25) is 0 Å². The largest absolute Gasteiger partial charge is 0.476 e. The van der Waals surface area contributed by atoms with Gasteiger partial charge in [0.1, 0.15) is 0 Å². The zero-order valence-corrected chi connectivity index (χ0v) is 9.01. The summed E-state index contributed by atoms with van der Waals surface area (Å²) in [6.07, 6.45) is 1.40. The lowest BCUT2D eigenvalue weighted by atomic mass is 10.1. The summed E-state index contributed by atoms with van der Waals surface area (Å²) in [5, 5.41) is 16.0. The van der Waals surface area contributed by atoms with Crippen LogP contribution in [-0.2, 0) is 0 Å². The van der Waals surface area contributed by atoms with Gasteiger partial charge >= 0.3 is 5.97 Å². The molecule has 1 heterocycles. The Balaban J connectivity index is 2.42. The van der Waals surface area contributed by atoms with Crippen LogP contribution in [0, 0.1) is 13.8 Å². The van der Waals surface area contributed by atoms with Crippen LogP contribution in [-0.4, -0.2) is 26.1 Å². The third-order valence-electron chi connectivity index (χ3n) is 2.47. The summed E-state index contributed by atoms with van der Waals surface area (Å²) in [4.78, 5) is 10.7. The summed E-state index contributed by atoms with van der Waals surface area (Å²) in [6, 6.07) is 5.78. The molecule has 0 aliphatic rings.